The van der Waals surface area contributed by atoms with Crippen LogP contribution >= 0.6 is 11.8 Å². The third-order valence-electron chi connectivity index (χ3n) is 4.97. The van der Waals surface area contributed by atoms with Crippen molar-refractivity contribution >= 4 is 34.0 Å². The van der Waals surface area contributed by atoms with Crippen LogP contribution in [0.1, 0.15) is 32.0 Å². The monoisotopic (exact) mass is 421 g/mol. The van der Waals surface area contributed by atoms with Gasteiger partial charge in [-0.2, -0.15) is 9.61 Å². The van der Waals surface area contributed by atoms with Crippen molar-refractivity contribution in [3.8, 4) is 0 Å². The van der Waals surface area contributed by atoms with Crippen LogP contribution in [0.5, 0.6) is 0 Å². The van der Waals surface area contributed by atoms with Gasteiger partial charge in [-0.15, -0.1) is 10.2 Å². The molecule has 0 bridgehead atoms. The molecule has 9 heteroatoms. The molecule has 8 nitrogen and oxygen atoms in total. The van der Waals surface area contributed by atoms with Crippen LogP contribution in [-0.2, 0) is 6.54 Å². The maximum absolute atomic E-state index is 9.02. The molecule has 0 saturated heterocycles. The van der Waals surface area contributed by atoms with Crippen molar-refractivity contribution in [1.82, 2.24) is 29.7 Å². The van der Waals surface area contributed by atoms with Crippen LogP contribution in [0, 0.1) is 0 Å². The molecule has 0 spiro atoms. The predicted octanol–water partition coefficient (Wildman–Crippen LogP) is 3.86. The summed E-state index contributed by atoms with van der Waals surface area (Å²) in [5.41, 5.74) is 3.79. The molecule has 1 N–H and O–H groups in total. The molecular formula is C21H23N7OS. The normalized spacial score (nSPS) is 12.3. The summed E-state index contributed by atoms with van der Waals surface area (Å²) in [6.07, 6.45) is 1.95. The van der Waals surface area contributed by atoms with E-state index in [9.17, 15) is 0 Å². The van der Waals surface area contributed by atoms with Gasteiger partial charge in [-0.1, -0.05) is 19.0 Å². The molecule has 3 heterocycles. The molecule has 0 aliphatic rings. The van der Waals surface area contributed by atoms with E-state index >= 15 is 0 Å². The number of hydrogen-bond acceptors (Lipinski definition) is 8. The van der Waals surface area contributed by atoms with Crippen LogP contribution in [0.25, 0.3) is 16.6 Å². The molecule has 154 valence electrons. The van der Waals surface area contributed by atoms with E-state index in [1.54, 1.807) is 23.6 Å². The lowest BCUT2D eigenvalue weighted by molar-refractivity contribution is 0.295. The number of nitrogens with zero attached hydrogens (tertiary/aromatic N) is 7. The van der Waals surface area contributed by atoms with Crippen LogP contribution in [0.15, 0.2) is 57.8 Å². The van der Waals surface area contributed by atoms with Gasteiger partial charge in [0.1, 0.15) is 11.4 Å². The molecule has 4 aromatic rings. The zero-order valence-corrected chi connectivity index (χ0v) is 18.0. The van der Waals surface area contributed by atoms with Gasteiger partial charge in [0.2, 0.25) is 5.16 Å². The molecule has 3 aromatic heterocycles. The summed E-state index contributed by atoms with van der Waals surface area (Å²) in [7, 11) is 0. The van der Waals surface area contributed by atoms with Crippen LogP contribution in [0.4, 0.5) is 0 Å². The van der Waals surface area contributed by atoms with Crippen molar-refractivity contribution < 1.29 is 5.21 Å². The van der Waals surface area contributed by atoms with Crippen molar-refractivity contribution in [3.05, 3.63) is 53.9 Å². The number of oxime groups is 1. The molecule has 0 unspecified atom stereocenters. The van der Waals surface area contributed by atoms with Crippen LogP contribution in [0.3, 0.4) is 0 Å². The molecular weight excluding hydrogens is 398 g/mol. The Morgan fingerprint density at radius 3 is 2.73 bits per heavy atom. The SMILES string of the molecule is CCN(CC)Cc1cnc2ccc(Sc3nnc4ccc(/C(C)=N\O)nn34)cc2c1. The van der Waals surface area contributed by atoms with Gasteiger partial charge in [-0.25, -0.2) is 0 Å². The zero-order chi connectivity index (χ0) is 21.1. The summed E-state index contributed by atoms with van der Waals surface area (Å²) in [6.45, 7) is 8.95. The number of rotatable bonds is 7. The van der Waals surface area contributed by atoms with Crippen molar-refractivity contribution in [2.45, 2.75) is 37.4 Å². The highest BCUT2D eigenvalue weighted by Gasteiger charge is 2.12. The first-order chi connectivity index (χ1) is 14.6. The molecule has 0 radical (unpaired) electrons. The van der Waals surface area contributed by atoms with Gasteiger partial charge in [-0.3, -0.25) is 9.88 Å². The van der Waals surface area contributed by atoms with Crippen molar-refractivity contribution in [2.24, 2.45) is 5.16 Å². The van der Waals surface area contributed by atoms with Gasteiger partial charge in [-0.05, 0) is 73.7 Å². The van der Waals surface area contributed by atoms with Gasteiger partial charge in [0.05, 0.1) is 5.52 Å². The van der Waals surface area contributed by atoms with E-state index in [1.807, 2.05) is 18.3 Å². The molecule has 0 aliphatic heterocycles. The standard InChI is InChI=1S/C21H23N7OS/c1-4-27(5-2)13-15-10-16-11-17(6-7-19(16)22-12-15)30-21-24-23-20-9-8-18(14(3)26-29)25-28(20)21/h6-12,29H,4-5,13H2,1-3H3/b26-14-. The third kappa shape index (κ3) is 4.12. The van der Waals surface area contributed by atoms with Crippen LogP contribution in [-0.4, -0.2) is 53.7 Å². The number of pyridine rings is 1. The maximum atomic E-state index is 9.02. The lowest BCUT2D eigenvalue weighted by Crippen LogP contribution is -2.22. The fourth-order valence-electron chi connectivity index (χ4n) is 3.19. The molecule has 0 atom stereocenters. The highest BCUT2D eigenvalue weighted by Crippen LogP contribution is 2.29. The second-order valence-electron chi connectivity index (χ2n) is 6.92. The maximum Gasteiger partial charge on any atom is 0.217 e. The fourth-order valence-corrected chi connectivity index (χ4v) is 4.03. The van der Waals surface area contributed by atoms with E-state index in [1.165, 1.54) is 17.3 Å². The molecule has 30 heavy (non-hydrogen) atoms. The van der Waals surface area contributed by atoms with E-state index in [0.29, 0.717) is 22.2 Å². The summed E-state index contributed by atoms with van der Waals surface area (Å²) in [5, 5.41) is 26.9. The predicted molar refractivity (Wildman–Crippen MR) is 117 cm³/mol. The second-order valence-corrected chi connectivity index (χ2v) is 7.96. The number of fused-ring (bicyclic) bond motifs is 2. The molecule has 0 amide bonds. The largest absolute Gasteiger partial charge is 0.411 e. The van der Waals surface area contributed by atoms with Gasteiger partial charge in [0.25, 0.3) is 0 Å². The van der Waals surface area contributed by atoms with Gasteiger partial charge in [0, 0.05) is 23.0 Å². The Morgan fingerprint density at radius 1 is 1.13 bits per heavy atom. The minimum atomic E-state index is 0.430. The first-order valence-electron chi connectivity index (χ1n) is 9.81. The molecule has 1 aromatic carbocycles. The minimum Gasteiger partial charge on any atom is -0.411 e. The van der Waals surface area contributed by atoms with E-state index in [0.717, 1.165) is 35.4 Å². The highest BCUT2D eigenvalue weighted by molar-refractivity contribution is 7.99. The molecule has 0 saturated carbocycles. The summed E-state index contributed by atoms with van der Waals surface area (Å²) >= 11 is 1.48. The summed E-state index contributed by atoms with van der Waals surface area (Å²) in [6, 6.07) is 11.9. The van der Waals surface area contributed by atoms with Crippen LogP contribution in [0.2, 0.25) is 0 Å². The number of hydrogen-bond donors (Lipinski definition) is 1. The van der Waals surface area contributed by atoms with Crippen molar-refractivity contribution in [1.29, 1.82) is 0 Å². The lowest BCUT2D eigenvalue weighted by atomic mass is 10.1. The summed E-state index contributed by atoms with van der Waals surface area (Å²) in [5.74, 6) is 0. The zero-order valence-electron chi connectivity index (χ0n) is 17.1. The van der Waals surface area contributed by atoms with E-state index in [4.69, 9.17) is 5.21 Å². The molecule has 0 aliphatic carbocycles. The van der Waals surface area contributed by atoms with Crippen molar-refractivity contribution in [3.63, 3.8) is 0 Å². The van der Waals surface area contributed by atoms with Crippen molar-refractivity contribution in [2.75, 3.05) is 13.1 Å². The fraction of sp³-hybridized carbons (Fsp3) is 0.286. The highest BCUT2D eigenvalue weighted by atomic mass is 32.2. The molecule has 4 rings (SSSR count). The quantitative estimate of drug-likeness (QED) is 0.275. The summed E-state index contributed by atoms with van der Waals surface area (Å²) < 4.78 is 1.66. The van der Waals surface area contributed by atoms with Gasteiger partial charge in [0.15, 0.2) is 5.65 Å². The Balaban J connectivity index is 1.65. The Hall–Kier alpha value is -3.04. The number of aromatic nitrogens is 5. The average Bonchev–Trinajstić information content (AvgIpc) is 3.18. The lowest BCUT2D eigenvalue weighted by Gasteiger charge is -2.17. The first-order valence-corrected chi connectivity index (χ1v) is 10.6. The second kappa shape index (κ2) is 8.76. The molecule has 0 fully saturated rings. The Kier molecular flexibility index (Phi) is 5.91. The Morgan fingerprint density at radius 2 is 1.97 bits per heavy atom. The average molecular weight is 422 g/mol. The van der Waals surface area contributed by atoms with Crippen LogP contribution < -0.4 is 0 Å². The van der Waals surface area contributed by atoms with E-state index in [2.05, 4.69) is 56.3 Å². The van der Waals surface area contributed by atoms with Gasteiger partial charge < -0.3 is 5.21 Å². The Labute approximate surface area is 178 Å². The Bertz CT molecular complexity index is 1220. The smallest absolute Gasteiger partial charge is 0.217 e. The topological polar surface area (TPSA) is 91.8 Å². The summed E-state index contributed by atoms with van der Waals surface area (Å²) in [4.78, 5) is 8.01. The van der Waals surface area contributed by atoms with E-state index in [-0.39, 0.29) is 0 Å². The third-order valence-corrected chi connectivity index (χ3v) is 5.90. The van der Waals surface area contributed by atoms with E-state index < -0.39 is 0 Å². The first kappa shape index (κ1) is 20.2. The number of benzene rings is 1. The minimum absolute atomic E-state index is 0.430. The van der Waals surface area contributed by atoms with Gasteiger partial charge >= 0.3 is 0 Å².